The lowest BCUT2D eigenvalue weighted by atomic mass is 9.84. The highest BCUT2D eigenvalue weighted by Gasteiger charge is 2.40. The van der Waals surface area contributed by atoms with Crippen molar-refractivity contribution < 1.29 is 24.2 Å². The van der Waals surface area contributed by atoms with Crippen LogP contribution < -0.4 is 4.74 Å². The molecule has 0 saturated carbocycles. The first-order valence-electron chi connectivity index (χ1n) is 9.07. The van der Waals surface area contributed by atoms with Crippen LogP contribution in [-0.4, -0.2) is 54.3 Å². The molecule has 6 nitrogen and oxygen atoms in total. The van der Waals surface area contributed by atoms with Crippen LogP contribution in [-0.2, 0) is 9.53 Å². The Morgan fingerprint density at radius 1 is 1.23 bits per heavy atom. The second-order valence-corrected chi connectivity index (χ2v) is 6.82. The van der Waals surface area contributed by atoms with Gasteiger partial charge >= 0.3 is 5.97 Å². The first-order chi connectivity index (χ1) is 12.6. The van der Waals surface area contributed by atoms with Gasteiger partial charge in [-0.3, -0.25) is 9.59 Å². The second kappa shape index (κ2) is 8.36. The maximum Gasteiger partial charge on any atom is 0.309 e. The van der Waals surface area contributed by atoms with Gasteiger partial charge in [0.15, 0.2) is 0 Å². The van der Waals surface area contributed by atoms with Crippen molar-refractivity contribution in [2.24, 2.45) is 11.8 Å². The number of hydrogen-bond donors (Lipinski definition) is 1. The number of carbonyl (C=O) groups excluding carboxylic acids is 1. The van der Waals surface area contributed by atoms with E-state index in [4.69, 9.17) is 9.47 Å². The number of nitrogens with zero attached hydrogens (tertiary/aromatic N) is 1. The molecule has 0 bridgehead atoms. The molecule has 2 aliphatic rings. The summed E-state index contributed by atoms with van der Waals surface area (Å²) in [6.07, 6.45) is 3.60. The van der Waals surface area contributed by atoms with Crippen LogP contribution in [0.1, 0.15) is 29.6 Å². The fourth-order valence-corrected chi connectivity index (χ4v) is 3.80. The number of benzene rings is 1. The number of hydrogen-bond acceptors (Lipinski definition) is 4. The zero-order chi connectivity index (χ0) is 18.5. The molecule has 2 fully saturated rings. The van der Waals surface area contributed by atoms with Crippen LogP contribution in [0.5, 0.6) is 5.75 Å². The lowest BCUT2D eigenvalue weighted by Gasteiger charge is -2.35. The zero-order valence-electron chi connectivity index (χ0n) is 14.8. The molecule has 2 heterocycles. The summed E-state index contributed by atoms with van der Waals surface area (Å²) in [6, 6.07) is 7.11. The van der Waals surface area contributed by atoms with Crippen LogP contribution in [0.2, 0.25) is 0 Å². The predicted molar refractivity (Wildman–Crippen MR) is 96.2 cm³/mol. The van der Waals surface area contributed by atoms with Gasteiger partial charge in [0.25, 0.3) is 5.91 Å². The van der Waals surface area contributed by atoms with Crippen molar-refractivity contribution in [1.82, 2.24) is 4.90 Å². The Bertz CT molecular complexity index is 649. The topological polar surface area (TPSA) is 76.1 Å². The van der Waals surface area contributed by atoms with E-state index in [1.54, 1.807) is 30.3 Å². The van der Waals surface area contributed by atoms with Crippen molar-refractivity contribution in [1.29, 1.82) is 0 Å². The molecular formula is C20H25NO5. The number of carboxylic acid groups (broad SMARTS) is 1. The smallest absolute Gasteiger partial charge is 0.309 e. The molecule has 2 saturated heterocycles. The highest BCUT2D eigenvalue weighted by atomic mass is 16.5. The number of rotatable bonds is 6. The molecule has 1 aromatic carbocycles. The third kappa shape index (κ3) is 4.07. The first-order valence-corrected chi connectivity index (χ1v) is 9.07. The van der Waals surface area contributed by atoms with Crippen LogP contribution in [0, 0.1) is 11.8 Å². The molecule has 1 N–H and O–H groups in total. The quantitative estimate of drug-likeness (QED) is 0.790. The molecule has 26 heavy (non-hydrogen) atoms. The fourth-order valence-electron chi connectivity index (χ4n) is 3.80. The van der Waals surface area contributed by atoms with Gasteiger partial charge in [0.2, 0.25) is 0 Å². The van der Waals surface area contributed by atoms with E-state index < -0.39 is 11.9 Å². The van der Waals surface area contributed by atoms with Gasteiger partial charge in [-0.2, -0.15) is 0 Å². The van der Waals surface area contributed by atoms with E-state index in [2.05, 4.69) is 6.58 Å². The summed E-state index contributed by atoms with van der Waals surface area (Å²) in [5.74, 6) is -0.272. The average Bonchev–Trinajstić information content (AvgIpc) is 3.16. The fraction of sp³-hybridized carbons (Fsp3) is 0.500. The van der Waals surface area contributed by atoms with E-state index in [0.29, 0.717) is 44.0 Å². The van der Waals surface area contributed by atoms with E-state index in [1.807, 2.05) is 4.90 Å². The van der Waals surface area contributed by atoms with Crippen LogP contribution in [0.15, 0.2) is 36.9 Å². The lowest BCUT2D eigenvalue weighted by molar-refractivity contribution is -0.145. The van der Waals surface area contributed by atoms with Crippen molar-refractivity contribution >= 4 is 11.9 Å². The van der Waals surface area contributed by atoms with Crippen molar-refractivity contribution in [2.45, 2.75) is 25.4 Å². The van der Waals surface area contributed by atoms with Gasteiger partial charge in [-0.15, -0.1) is 0 Å². The molecule has 0 radical (unpaired) electrons. The van der Waals surface area contributed by atoms with Gasteiger partial charge in [0, 0.05) is 25.3 Å². The normalized spacial score (nSPS) is 23.6. The number of ether oxygens (including phenoxy) is 2. The molecule has 0 spiro atoms. The minimum atomic E-state index is -0.773. The maximum absolute atomic E-state index is 12.7. The summed E-state index contributed by atoms with van der Waals surface area (Å²) < 4.78 is 11.1. The van der Waals surface area contributed by atoms with Crippen molar-refractivity contribution in [2.75, 3.05) is 26.3 Å². The van der Waals surface area contributed by atoms with Crippen LogP contribution in [0.3, 0.4) is 0 Å². The number of carboxylic acids is 1. The Hall–Kier alpha value is -2.34. The molecule has 1 amide bonds. The SMILES string of the molecule is C=CCOc1ccc(C(=O)N2CCC([C@@H]3OCCC3C(=O)O)CC2)cc1. The molecule has 0 aliphatic carbocycles. The summed E-state index contributed by atoms with van der Waals surface area (Å²) >= 11 is 0. The van der Waals surface area contributed by atoms with Gasteiger partial charge < -0.3 is 19.5 Å². The van der Waals surface area contributed by atoms with Crippen molar-refractivity contribution in [3.05, 3.63) is 42.5 Å². The summed E-state index contributed by atoms with van der Waals surface area (Å²) in [7, 11) is 0. The molecule has 3 rings (SSSR count). The molecule has 0 aromatic heterocycles. The van der Waals surface area contributed by atoms with E-state index in [1.165, 1.54) is 0 Å². The summed E-state index contributed by atoms with van der Waals surface area (Å²) in [5.41, 5.74) is 0.634. The summed E-state index contributed by atoms with van der Waals surface area (Å²) in [4.78, 5) is 25.8. The number of piperidine rings is 1. The Balaban J connectivity index is 1.55. The Kier molecular flexibility index (Phi) is 5.93. The van der Waals surface area contributed by atoms with E-state index in [9.17, 15) is 14.7 Å². The zero-order valence-corrected chi connectivity index (χ0v) is 14.8. The lowest BCUT2D eigenvalue weighted by Crippen LogP contribution is -2.43. The predicted octanol–water partition coefficient (Wildman–Crippen LogP) is 2.59. The Morgan fingerprint density at radius 3 is 2.54 bits per heavy atom. The van der Waals surface area contributed by atoms with Gasteiger partial charge in [0.1, 0.15) is 12.4 Å². The standard InChI is InChI=1S/C20H25NO5/c1-2-12-25-16-5-3-15(4-6-16)19(22)21-10-7-14(8-11-21)18-17(20(23)24)9-13-26-18/h2-6,14,17-18H,1,7-13H2,(H,23,24)/t17?,18-/m0/s1. The highest BCUT2D eigenvalue weighted by Crippen LogP contribution is 2.33. The van der Waals surface area contributed by atoms with Gasteiger partial charge in [-0.1, -0.05) is 12.7 Å². The third-order valence-corrected chi connectivity index (χ3v) is 5.21. The van der Waals surface area contributed by atoms with Gasteiger partial charge in [-0.05, 0) is 49.4 Å². The van der Waals surface area contributed by atoms with Crippen LogP contribution in [0.25, 0.3) is 0 Å². The number of aliphatic carboxylic acids is 1. The number of carbonyl (C=O) groups is 2. The molecule has 140 valence electrons. The van der Waals surface area contributed by atoms with Crippen molar-refractivity contribution in [3.63, 3.8) is 0 Å². The molecule has 1 aromatic rings. The largest absolute Gasteiger partial charge is 0.490 e. The Morgan fingerprint density at radius 2 is 1.92 bits per heavy atom. The summed E-state index contributed by atoms with van der Waals surface area (Å²) in [5, 5.41) is 9.32. The third-order valence-electron chi connectivity index (χ3n) is 5.21. The minimum absolute atomic E-state index is 0.000783. The van der Waals surface area contributed by atoms with Gasteiger partial charge in [-0.25, -0.2) is 0 Å². The minimum Gasteiger partial charge on any atom is -0.490 e. The maximum atomic E-state index is 12.7. The monoisotopic (exact) mass is 359 g/mol. The van der Waals surface area contributed by atoms with E-state index in [-0.39, 0.29) is 17.9 Å². The second-order valence-electron chi connectivity index (χ2n) is 6.82. The average molecular weight is 359 g/mol. The van der Waals surface area contributed by atoms with Crippen LogP contribution >= 0.6 is 0 Å². The Labute approximate surface area is 153 Å². The van der Waals surface area contributed by atoms with E-state index in [0.717, 1.165) is 12.8 Å². The van der Waals surface area contributed by atoms with Crippen LogP contribution in [0.4, 0.5) is 0 Å². The molecule has 1 unspecified atom stereocenters. The van der Waals surface area contributed by atoms with Crippen molar-refractivity contribution in [3.8, 4) is 5.75 Å². The highest BCUT2D eigenvalue weighted by molar-refractivity contribution is 5.94. The number of amides is 1. The molecule has 6 heteroatoms. The first kappa shape index (κ1) is 18.5. The molecule has 2 aliphatic heterocycles. The molecular weight excluding hydrogens is 334 g/mol. The molecule has 2 atom stereocenters. The van der Waals surface area contributed by atoms with E-state index >= 15 is 0 Å². The van der Waals surface area contributed by atoms with Gasteiger partial charge in [0.05, 0.1) is 12.0 Å². The summed E-state index contributed by atoms with van der Waals surface area (Å²) in [6.45, 7) is 5.81. The number of likely N-dealkylation sites (tertiary alicyclic amines) is 1.